The summed E-state index contributed by atoms with van der Waals surface area (Å²) >= 11 is 3.20. The van der Waals surface area contributed by atoms with E-state index < -0.39 is 0 Å². The van der Waals surface area contributed by atoms with E-state index in [0.29, 0.717) is 50.3 Å². The van der Waals surface area contributed by atoms with Gasteiger partial charge in [-0.15, -0.1) is 0 Å². The second-order valence-corrected chi connectivity index (χ2v) is 5.39. The molecule has 0 radical (unpaired) electrons. The zero-order valence-electron chi connectivity index (χ0n) is 11.2. The van der Waals surface area contributed by atoms with Crippen molar-refractivity contribution >= 4 is 27.5 Å². The summed E-state index contributed by atoms with van der Waals surface area (Å²) in [5, 5.41) is 3.39. The van der Waals surface area contributed by atoms with Crippen LogP contribution in [0, 0.1) is 5.82 Å². The predicted molar refractivity (Wildman–Crippen MR) is 79.7 cm³/mol. The fourth-order valence-corrected chi connectivity index (χ4v) is 2.46. The van der Waals surface area contributed by atoms with Crippen molar-refractivity contribution < 1.29 is 13.9 Å². The molecule has 4 nitrogen and oxygen atoms in total. The Morgan fingerprint density at radius 2 is 2.15 bits per heavy atom. The van der Waals surface area contributed by atoms with Gasteiger partial charge in [0.25, 0.3) is 0 Å². The van der Waals surface area contributed by atoms with Gasteiger partial charge in [-0.05, 0) is 17.7 Å². The number of alkyl halides is 1. The maximum Gasteiger partial charge on any atom is 0.221 e. The lowest BCUT2D eigenvalue weighted by atomic mass is 10.1. The number of benzene rings is 1. The fraction of sp³-hybridized carbons (Fsp3) is 0.500. The van der Waals surface area contributed by atoms with E-state index in [1.165, 1.54) is 6.07 Å². The number of ether oxygens (including phenoxy) is 1. The zero-order valence-corrected chi connectivity index (χ0v) is 12.8. The minimum atomic E-state index is -0.251. The zero-order chi connectivity index (χ0) is 14.4. The maximum absolute atomic E-state index is 14.1. The topological polar surface area (TPSA) is 41.6 Å². The molecule has 0 spiro atoms. The third-order valence-corrected chi connectivity index (χ3v) is 3.57. The maximum atomic E-state index is 14.1. The van der Waals surface area contributed by atoms with Gasteiger partial charge in [-0.1, -0.05) is 22.0 Å². The van der Waals surface area contributed by atoms with Crippen molar-refractivity contribution in [1.29, 1.82) is 0 Å². The standard InChI is InChI=1S/C14H18BrFN2O2/c15-4-3-14(19)17-10-11-1-2-13(12(16)9-11)18-5-7-20-8-6-18/h1-2,9H,3-8,10H2,(H,17,19). The summed E-state index contributed by atoms with van der Waals surface area (Å²) in [7, 11) is 0. The first-order valence-corrected chi connectivity index (χ1v) is 7.76. The molecule has 1 aromatic carbocycles. The molecular formula is C14H18BrFN2O2. The number of carbonyl (C=O) groups is 1. The lowest BCUT2D eigenvalue weighted by Gasteiger charge is -2.29. The highest BCUT2D eigenvalue weighted by molar-refractivity contribution is 9.09. The Morgan fingerprint density at radius 3 is 2.80 bits per heavy atom. The number of hydrogen-bond acceptors (Lipinski definition) is 3. The van der Waals surface area contributed by atoms with Crippen LogP contribution in [0.4, 0.5) is 10.1 Å². The van der Waals surface area contributed by atoms with Crippen LogP contribution in [0.1, 0.15) is 12.0 Å². The molecular weight excluding hydrogens is 327 g/mol. The second kappa shape index (κ2) is 7.59. The van der Waals surface area contributed by atoms with Crippen molar-refractivity contribution in [2.45, 2.75) is 13.0 Å². The molecule has 0 atom stereocenters. The quantitative estimate of drug-likeness (QED) is 0.831. The molecule has 0 aliphatic carbocycles. The van der Waals surface area contributed by atoms with Crippen LogP contribution in [0.15, 0.2) is 18.2 Å². The van der Waals surface area contributed by atoms with E-state index in [9.17, 15) is 9.18 Å². The molecule has 0 saturated carbocycles. The average molecular weight is 345 g/mol. The molecule has 1 aliphatic rings. The Hall–Kier alpha value is -1.14. The van der Waals surface area contributed by atoms with Gasteiger partial charge in [0, 0.05) is 31.4 Å². The summed E-state index contributed by atoms with van der Waals surface area (Å²) in [6.45, 7) is 3.02. The molecule has 1 saturated heterocycles. The number of halogens is 2. The largest absolute Gasteiger partial charge is 0.378 e. The Bertz CT molecular complexity index is 464. The van der Waals surface area contributed by atoms with E-state index >= 15 is 0 Å². The van der Waals surface area contributed by atoms with Crippen molar-refractivity contribution in [1.82, 2.24) is 5.32 Å². The Balaban J connectivity index is 1.96. The van der Waals surface area contributed by atoms with Gasteiger partial charge in [-0.25, -0.2) is 4.39 Å². The first kappa shape index (κ1) is 15.3. The van der Waals surface area contributed by atoms with Crippen LogP contribution in [0.5, 0.6) is 0 Å². The van der Waals surface area contributed by atoms with Crippen molar-refractivity contribution in [3.8, 4) is 0 Å². The second-order valence-electron chi connectivity index (χ2n) is 4.60. The molecule has 1 fully saturated rings. The SMILES string of the molecule is O=C(CCBr)NCc1ccc(N2CCOCC2)c(F)c1. The van der Waals surface area contributed by atoms with Crippen LogP contribution in [-0.2, 0) is 16.1 Å². The van der Waals surface area contributed by atoms with Crippen molar-refractivity contribution in [2.75, 3.05) is 36.5 Å². The number of morpholine rings is 1. The fourth-order valence-electron chi connectivity index (χ4n) is 2.10. The molecule has 20 heavy (non-hydrogen) atoms. The average Bonchev–Trinajstić information content (AvgIpc) is 2.46. The van der Waals surface area contributed by atoms with Crippen molar-refractivity contribution in [3.05, 3.63) is 29.6 Å². The minimum Gasteiger partial charge on any atom is -0.378 e. The van der Waals surface area contributed by atoms with Gasteiger partial charge in [0.1, 0.15) is 5.82 Å². The summed E-state index contributed by atoms with van der Waals surface area (Å²) in [5.41, 5.74) is 1.37. The van der Waals surface area contributed by atoms with Crippen LogP contribution < -0.4 is 10.2 Å². The number of rotatable bonds is 5. The number of nitrogens with one attached hydrogen (secondary N) is 1. The van der Waals surface area contributed by atoms with Gasteiger partial charge >= 0.3 is 0 Å². The third-order valence-electron chi connectivity index (χ3n) is 3.18. The summed E-state index contributed by atoms with van der Waals surface area (Å²) in [6, 6.07) is 5.11. The van der Waals surface area contributed by atoms with Crippen LogP contribution in [0.3, 0.4) is 0 Å². The van der Waals surface area contributed by atoms with Crippen molar-refractivity contribution in [3.63, 3.8) is 0 Å². The van der Waals surface area contributed by atoms with Gasteiger partial charge in [-0.3, -0.25) is 4.79 Å². The van der Waals surface area contributed by atoms with Crippen LogP contribution in [0.25, 0.3) is 0 Å². The molecule has 1 N–H and O–H groups in total. The van der Waals surface area contributed by atoms with E-state index in [1.54, 1.807) is 6.07 Å². The molecule has 1 aliphatic heterocycles. The van der Waals surface area contributed by atoms with E-state index in [2.05, 4.69) is 21.2 Å². The summed E-state index contributed by atoms with van der Waals surface area (Å²) in [5.74, 6) is -0.293. The first-order chi connectivity index (χ1) is 9.70. The Kier molecular flexibility index (Phi) is 5.79. The normalized spacial score (nSPS) is 15.2. The molecule has 6 heteroatoms. The van der Waals surface area contributed by atoms with Gasteiger partial charge in [0.2, 0.25) is 5.91 Å². The molecule has 0 bridgehead atoms. The summed E-state index contributed by atoms with van der Waals surface area (Å²) < 4.78 is 19.4. The van der Waals surface area contributed by atoms with Crippen LogP contribution in [-0.4, -0.2) is 37.5 Å². The molecule has 1 amide bonds. The summed E-state index contributed by atoms with van der Waals surface area (Å²) in [4.78, 5) is 13.3. The van der Waals surface area contributed by atoms with Gasteiger partial charge in [0.05, 0.1) is 18.9 Å². The van der Waals surface area contributed by atoms with Gasteiger partial charge in [0.15, 0.2) is 0 Å². The molecule has 0 unspecified atom stereocenters. The highest BCUT2D eigenvalue weighted by Crippen LogP contribution is 2.21. The highest BCUT2D eigenvalue weighted by Gasteiger charge is 2.15. The van der Waals surface area contributed by atoms with E-state index in [0.717, 1.165) is 5.56 Å². The summed E-state index contributed by atoms with van der Waals surface area (Å²) in [6.07, 6.45) is 0.425. The first-order valence-electron chi connectivity index (χ1n) is 6.64. The van der Waals surface area contributed by atoms with E-state index in [1.807, 2.05) is 11.0 Å². The third kappa shape index (κ3) is 4.18. The smallest absolute Gasteiger partial charge is 0.221 e. The number of hydrogen-bond donors (Lipinski definition) is 1. The van der Waals surface area contributed by atoms with Gasteiger partial charge in [-0.2, -0.15) is 0 Å². The predicted octanol–water partition coefficient (Wildman–Crippen LogP) is 2.06. The highest BCUT2D eigenvalue weighted by atomic mass is 79.9. The Labute approximate surface area is 126 Å². The lowest BCUT2D eigenvalue weighted by molar-refractivity contribution is -0.120. The van der Waals surface area contributed by atoms with Crippen molar-refractivity contribution in [2.24, 2.45) is 0 Å². The van der Waals surface area contributed by atoms with E-state index in [4.69, 9.17) is 4.74 Å². The molecule has 1 aromatic rings. The molecule has 1 heterocycles. The molecule has 0 aromatic heterocycles. The van der Waals surface area contributed by atoms with Crippen LogP contribution in [0.2, 0.25) is 0 Å². The lowest BCUT2D eigenvalue weighted by Crippen LogP contribution is -2.36. The molecule has 2 rings (SSSR count). The number of amides is 1. The Morgan fingerprint density at radius 1 is 1.40 bits per heavy atom. The van der Waals surface area contributed by atoms with Gasteiger partial charge < -0.3 is 15.0 Å². The number of anilines is 1. The minimum absolute atomic E-state index is 0.0421. The number of carbonyl (C=O) groups excluding carboxylic acids is 1. The molecule has 110 valence electrons. The van der Waals surface area contributed by atoms with Crippen LogP contribution >= 0.6 is 15.9 Å². The monoisotopic (exact) mass is 344 g/mol. The number of nitrogens with zero attached hydrogens (tertiary/aromatic N) is 1. The van der Waals surface area contributed by atoms with E-state index in [-0.39, 0.29) is 11.7 Å².